The van der Waals surface area contributed by atoms with Crippen LogP contribution in [-0.4, -0.2) is 29.7 Å². The van der Waals surface area contributed by atoms with Crippen molar-refractivity contribution in [1.82, 2.24) is 4.90 Å². The summed E-state index contributed by atoms with van der Waals surface area (Å²) >= 11 is 0. The fourth-order valence-corrected chi connectivity index (χ4v) is 2.20. The monoisotopic (exact) mass is 289 g/mol. The van der Waals surface area contributed by atoms with E-state index in [4.69, 9.17) is 16.2 Å². The van der Waals surface area contributed by atoms with Crippen LogP contribution in [0.4, 0.5) is 16.2 Å². The lowest BCUT2D eigenvalue weighted by Crippen LogP contribution is -2.39. The second kappa shape index (κ2) is 5.68. The molecule has 0 bridgehead atoms. The molecular formula is C16H23N3O2. The summed E-state index contributed by atoms with van der Waals surface area (Å²) in [5, 5.41) is 0. The maximum Gasteiger partial charge on any atom is 0.410 e. The SMILES string of the molecule is CC(C)(C)OC(=O)N1CC=C(c2ccc(N)c(N)c2)CC1. The van der Waals surface area contributed by atoms with Gasteiger partial charge in [-0.25, -0.2) is 4.79 Å². The summed E-state index contributed by atoms with van der Waals surface area (Å²) in [6.45, 7) is 6.80. The van der Waals surface area contributed by atoms with Crippen LogP contribution < -0.4 is 11.5 Å². The Labute approximate surface area is 125 Å². The number of ether oxygens (including phenoxy) is 1. The van der Waals surface area contributed by atoms with Gasteiger partial charge in [-0.2, -0.15) is 0 Å². The predicted octanol–water partition coefficient (Wildman–Crippen LogP) is 2.88. The molecule has 5 heteroatoms. The van der Waals surface area contributed by atoms with E-state index in [-0.39, 0.29) is 6.09 Å². The number of nitrogens with zero attached hydrogens (tertiary/aromatic N) is 1. The lowest BCUT2D eigenvalue weighted by Gasteiger charge is -2.29. The van der Waals surface area contributed by atoms with Crippen molar-refractivity contribution in [2.24, 2.45) is 0 Å². The van der Waals surface area contributed by atoms with Crippen LogP contribution in [-0.2, 0) is 4.74 Å². The van der Waals surface area contributed by atoms with Gasteiger partial charge in [-0.3, -0.25) is 0 Å². The minimum absolute atomic E-state index is 0.269. The van der Waals surface area contributed by atoms with Crippen LogP contribution in [0.3, 0.4) is 0 Å². The van der Waals surface area contributed by atoms with Crippen LogP contribution in [0.2, 0.25) is 0 Å². The fourth-order valence-electron chi connectivity index (χ4n) is 2.20. The number of amides is 1. The van der Waals surface area contributed by atoms with E-state index in [1.807, 2.05) is 45.0 Å². The largest absolute Gasteiger partial charge is 0.444 e. The third-order valence-electron chi connectivity index (χ3n) is 3.32. The van der Waals surface area contributed by atoms with Gasteiger partial charge in [0.25, 0.3) is 0 Å². The highest BCUT2D eigenvalue weighted by Crippen LogP contribution is 2.27. The van der Waals surface area contributed by atoms with Crippen LogP contribution in [0, 0.1) is 0 Å². The highest BCUT2D eigenvalue weighted by molar-refractivity contribution is 5.76. The number of anilines is 2. The van der Waals surface area contributed by atoms with Gasteiger partial charge in [0.2, 0.25) is 0 Å². The molecule has 114 valence electrons. The Morgan fingerprint density at radius 2 is 1.95 bits per heavy atom. The summed E-state index contributed by atoms with van der Waals surface area (Å²) in [6.07, 6.45) is 2.55. The molecule has 1 heterocycles. The molecule has 0 fully saturated rings. The number of rotatable bonds is 1. The van der Waals surface area contributed by atoms with Gasteiger partial charge in [0.15, 0.2) is 0 Å². The van der Waals surface area contributed by atoms with Crippen molar-refractivity contribution < 1.29 is 9.53 Å². The maximum atomic E-state index is 12.0. The van der Waals surface area contributed by atoms with Gasteiger partial charge in [0.05, 0.1) is 11.4 Å². The van der Waals surface area contributed by atoms with Gasteiger partial charge in [-0.1, -0.05) is 12.1 Å². The predicted molar refractivity (Wildman–Crippen MR) is 85.7 cm³/mol. The van der Waals surface area contributed by atoms with Gasteiger partial charge in [-0.15, -0.1) is 0 Å². The number of nitrogens with two attached hydrogens (primary N) is 2. The summed E-state index contributed by atoms with van der Waals surface area (Å²) in [4.78, 5) is 13.7. The van der Waals surface area contributed by atoms with Crippen molar-refractivity contribution in [1.29, 1.82) is 0 Å². The van der Waals surface area contributed by atoms with E-state index >= 15 is 0 Å². The van der Waals surface area contributed by atoms with Crippen LogP contribution in [0.5, 0.6) is 0 Å². The molecule has 1 aliphatic rings. The molecular weight excluding hydrogens is 266 g/mol. The van der Waals surface area contributed by atoms with E-state index in [1.165, 1.54) is 5.57 Å². The topological polar surface area (TPSA) is 81.6 Å². The first kappa shape index (κ1) is 15.2. The van der Waals surface area contributed by atoms with Crippen molar-refractivity contribution in [3.63, 3.8) is 0 Å². The second-order valence-electron chi connectivity index (χ2n) is 6.25. The molecule has 1 aromatic rings. The molecule has 4 N–H and O–H groups in total. The smallest absolute Gasteiger partial charge is 0.410 e. The number of carbonyl (C=O) groups excluding carboxylic acids is 1. The Morgan fingerprint density at radius 1 is 1.24 bits per heavy atom. The molecule has 0 atom stereocenters. The first-order valence-corrected chi connectivity index (χ1v) is 7.08. The Kier molecular flexibility index (Phi) is 4.11. The lowest BCUT2D eigenvalue weighted by atomic mass is 9.99. The molecule has 0 unspecified atom stereocenters. The quantitative estimate of drug-likeness (QED) is 0.779. The van der Waals surface area contributed by atoms with Gasteiger partial charge in [0.1, 0.15) is 5.60 Å². The van der Waals surface area contributed by atoms with Crippen LogP contribution in [0.25, 0.3) is 5.57 Å². The molecule has 0 aliphatic carbocycles. The molecule has 0 saturated heterocycles. The summed E-state index contributed by atoms with van der Waals surface area (Å²) in [5.41, 5.74) is 14.5. The van der Waals surface area contributed by atoms with E-state index in [9.17, 15) is 4.79 Å². The molecule has 0 radical (unpaired) electrons. The average Bonchev–Trinajstić information content (AvgIpc) is 2.40. The van der Waals surface area contributed by atoms with Crippen molar-refractivity contribution in [3.05, 3.63) is 29.8 Å². The minimum atomic E-state index is -0.466. The average molecular weight is 289 g/mol. The molecule has 1 aliphatic heterocycles. The summed E-state index contributed by atoms with van der Waals surface area (Å²) < 4.78 is 5.37. The third kappa shape index (κ3) is 3.90. The Balaban J connectivity index is 2.05. The van der Waals surface area contributed by atoms with Gasteiger partial charge in [0, 0.05) is 13.1 Å². The van der Waals surface area contributed by atoms with Gasteiger partial charge in [-0.05, 0) is 50.5 Å². The number of carbonyl (C=O) groups is 1. The van der Waals surface area contributed by atoms with Crippen molar-refractivity contribution in [3.8, 4) is 0 Å². The van der Waals surface area contributed by atoms with Crippen molar-refractivity contribution in [2.45, 2.75) is 32.8 Å². The Hall–Kier alpha value is -2.17. The van der Waals surface area contributed by atoms with Crippen LogP contribution in [0.1, 0.15) is 32.8 Å². The highest BCUT2D eigenvalue weighted by Gasteiger charge is 2.23. The zero-order chi connectivity index (χ0) is 15.6. The van der Waals surface area contributed by atoms with Crippen LogP contribution >= 0.6 is 0 Å². The van der Waals surface area contributed by atoms with Crippen molar-refractivity contribution in [2.75, 3.05) is 24.6 Å². The zero-order valence-electron chi connectivity index (χ0n) is 12.8. The highest BCUT2D eigenvalue weighted by atomic mass is 16.6. The van der Waals surface area contributed by atoms with Crippen molar-refractivity contribution >= 4 is 23.0 Å². The van der Waals surface area contributed by atoms with Crippen LogP contribution in [0.15, 0.2) is 24.3 Å². The van der Waals surface area contributed by atoms with Gasteiger partial charge < -0.3 is 21.1 Å². The lowest BCUT2D eigenvalue weighted by molar-refractivity contribution is 0.0270. The Morgan fingerprint density at radius 3 is 2.48 bits per heavy atom. The molecule has 2 rings (SSSR count). The molecule has 5 nitrogen and oxygen atoms in total. The summed E-state index contributed by atoms with van der Waals surface area (Å²) in [7, 11) is 0. The van der Waals surface area contributed by atoms with E-state index in [1.54, 1.807) is 4.90 Å². The number of hydrogen-bond acceptors (Lipinski definition) is 4. The standard InChI is InChI=1S/C16H23N3O2/c1-16(2,3)21-15(20)19-8-6-11(7-9-19)12-4-5-13(17)14(18)10-12/h4-6,10H,7-9,17-18H2,1-3H3. The first-order chi connectivity index (χ1) is 9.76. The Bertz CT molecular complexity index is 573. The zero-order valence-corrected chi connectivity index (χ0v) is 12.8. The minimum Gasteiger partial charge on any atom is -0.444 e. The maximum absolute atomic E-state index is 12.0. The van der Waals surface area contributed by atoms with Gasteiger partial charge >= 0.3 is 6.09 Å². The molecule has 1 aromatic carbocycles. The number of hydrogen-bond donors (Lipinski definition) is 2. The number of nitrogen functional groups attached to an aromatic ring is 2. The molecule has 21 heavy (non-hydrogen) atoms. The number of benzene rings is 1. The second-order valence-corrected chi connectivity index (χ2v) is 6.25. The molecule has 0 saturated carbocycles. The van der Waals surface area contributed by atoms with E-state index < -0.39 is 5.60 Å². The summed E-state index contributed by atoms with van der Waals surface area (Å²) in [5.74, 6) is 0. The van der Waals surface area contributed by atoms with E-state index in [0.717, 1.165) is 12.0 Å². The van der Waals surface area contributed by atoms with E-state index in [0.29, 0.717) is 24.5 Å². The molecule has 0 aromatic heterocycles. The summed E-state index contributed by atoms with van der Waals surface area (Å²) in [6, 6.07) is 5.65. The van der Waals surface area contributed by atoms with E-state index in [2.05, 4.69) is 0 Å². The molecule has 1 amide bonds. The first-order valence-electron chi connectivity index (χ1n) is 7.08. The normalized spacial score (nSPS) is 15.6. The third-order valence-corrected chi connectivity index (χ3v) is 3.32. The molecule has 0 spiro atoms. The fraction of sp³-hybridized carbons (Fsp3) is 0.438.